The second-order valence-corrected chi connectivity index (χ2v) is 3.25. The van der Waals surface area contributed by atoms with Crippen molar-refractivity contribution >= 4 is 11.6 Å². The van der Waals surface area contributed by atoms with Gasteiger partial charge in [-0.2, -0.15) is 0 Å². The van der Waals surface area contributed by atoms with Crippen LogP contribution in [0.2, 0.25) is 0 Å². The molecule has 0 saturated heterocycles. The smallest absolute Gasteiger partial charge is 0.0542 e. The standard InChI is InChI=1S/C8H13Cl/c1-7-5-3-2-4-6-8(7)9/h8H,1-6H2. The number of halogens is 1. The summed E-state index contributed by atoms with van der Waals surface area (Å²) in [7, 11) is 0. The molecular formula is C8H13Cl. The normalized spacial score (nSPS) is 29.9. The summed E-state index contributed by atoms with van der Waals surface area (Å²) in [4.78, 5) is 0. The summed E-state index contributed by atoms with van der Waals surface area (Å²) >= 11 is 5.97. The predicted molar refractivity (Wildman–Crippen MR) is 41.9 cm³/mol. The largest absolute Gasteiger partial charge is 0.118 e. The highest BCUT2D eigenvalue weighted by Crippen LogP contribution is 2.24. The van der Waals surface area contributed by atoms with Crippen LogP contribution in [0.4, 0.5) is 0 Å². The third kappa shape index (κ3) is 2.02. The van der Waals surface area contributed by atoms with Crippen molar-refractivity contribution in [3.05, 3.63) is 12.2 Å². The lowest BCUT2D eigenvalue weighted by Crippen LogP contribution is -1.97. The van der Waals surface area contributed by atoms with Gasteiger partial charge in [-0.15, -0.1) is 11.6 Å². The van der Waals surface area contributed by atoms with E-state index < -0.39 is 0 Å². The first kappa shape index (κ1) is 7.14. The van der Waals surface area contributed by atoms with Crippen LogP contribution in [0, 0.1) is 0 Å². The number of hydrogen-bond donors (Lipinski definition) is 0. The van der Waals surface area contributed by atoms with E-state index in [1.54, 1.807) is 0 Å². The number of rotatable bonds is 0. The molecule has 0 aromatic carbocycles. The Morgan fingerprint density at radius 1 is 1.33 bits per heavy atom. The Kier molecular flexibility index (Phi) is 2.59. The van der Waals surface area contributed by atoms with E-state index in [4.69, 9.17) is 11.6 Å². The highest BCUT2D eigenvalue weighted by atomic mass is 35.5. The summed E-state index contributed by atoms with van der Waals surface area (Å²) in [6, 6.07) is 0. The molecule has 0 N–H and O–H groups in total. The minimum atomic E-state index is 0.271. The van der Waals surface area contributed by atoms with Gasteiger partial charge in [0.15, 0.2) is 0 Å². The van der Waals surface area contributed by atoms with Gasteiger partial charge in [-0.25, -0.2) is 0 Å². The van der Waals surface area contributed by atoms with Gasteiger partial charge in [0.05, 0.1) is 5.38 Å². The highest BCUT2D eigenvalue weighted by molar-refractivity contribution is 6.22. The van der Waals surface area contributed by atoms with Gasteiger partial charge in [-0.1, -0.05) is 25.0 Å². The van der Waals surface area contributed by atoms with Crippen molar-refractivity contribution in [2.45, 2.75) is 37.5 Å². The Morgan fingerprint density at radius 3 is 2.89 bits per heavy atom. The van der Waals surface area contributed by atoms with Gasteiger partial charge in [0.25, 0.3) is 0 Å². The van der Waals surface area contributed by atoms with Crippen LogP contribution in [0.15, 0.2) is 12.2 Å². The maximum atomic E-state index is 5.97. The van der Waals surface area contributed by atoms with Gasteiger partial charge < -0.3 is 0 Å². The van der Waals surface area contributed by atoms with Crippen molar-refractivity contribution in [3.8, 4) is 0 Å². The molecule has 1 rings (SSSR count). The fourth-order valence-corrected chi connectivity index (χ4v) is 1.48. The summed E-state index contributed by atoms with van der Waals surface area (Å²) in [5.74, 6) is 0. The highest BCUT2D eigenvalue weighted by Gasteiger charge is 2.11. The second-order valence-electron chi connectivity index (χ2n) is 2.73. The van der Waals surface area contributed by atoms with Crippen LogP contribution < -0.4 is 0 Å². The average Bonchev–Trinajstić information content (AvgIpc) is 1.99. The summed E-state index contributed by atoms with van der Waals surface area (Å²) < 4.78 is 0. The Bertz CT molecular complexity index is 107. The maximum absolute atomic E-state index is 5.97. The van der Waals surface area contributed by atoms with Crippen molar-refractivity contribution < 1.29 is 0 Å². The summed E-state index contributed by atoms with van der Waals surface area (Å²) in [5.41, 5.74) is 1.24. The third-order valence-corrected chi connectivity index (χ3v) is 2.43. The predicted octanol–water partition coefficient (Wildman–Crippen LogP) is 3.11. The van der Waals surface area contributed by atoms with Crippen LogP contribution in [0.3, 0.4) is 0 Å². The lowest BCUT2D eigenvalue weighted by molar-refractivity contribution is 0.704. The third-order valence-electron chi connectivity index (χ3n) is 1.90. The van der Waals surface area contributed by atoms with Crippen molar-refractivity contribution in [1.82, 2.24) is 0 Å². The quantitative estimate of drug-likeness (QED) is 0.279. The summed E-state index contributed by atoms with van der Waals surface area (Å²) in [6.45, 7) is 3.92. The van der Waals surface area contributed by atoms with Crippen molar-refractivity contribution in [2.75, 3.05) is 0 Å². The molecule has 1 atom stereocenters. The first-order valence-corrected chi connectivity index (χ1v) is 4.06. The molecule has 52 valence electrons. The first-order chi connectivity index (χ1) is 4.30. The van der Waals surface area contributed by atoms with Crippen LogP contribution in [0.5, 0.6) is 0 Å². The minimum absolute atomic E-state index is 0.271. The Morgan fingerprint density at radius 2 is 2.11 bits per heavy atom. The Balaban J connectivity index is 2.41. The van der Waals surface area contributed by atoms with E-state index in [1.807, 2.05) is 0 Å². The Hall–Kier alpha value is 0.0300. The minimum Gasteiger partial charge on any atom is -0.118 e. The fraction of sp³-hybridized carbons (Fsp3) is 0.750. The second kappa shape index (κ2) is 3.26. The lowest BCUT2D eigenvalue weighted by Gasteiger charge is -2.05. The van der Waals surface area contributed by atoms with Crippen LogP contribution in [-0.2, 0) is 0 Å². The first-order valence-electron chi connectivity index (χ1n) is 3.62. The zero-order valence-electron chi connectivity index (χ0n) is 5.70. The van der Waals surface area contributed by atoms with Crippen LogP contribution in [0.1, 0.15) is 32.1 Å². The molecule has 0 bridgehead atoms. The van der Waals surface area contributed by atoms with Crippen molar-refractivity contribution in [1.29, 1.82) is 0 Å². The molecule has 1 unspecified atom stereocenters. The fourth-order valence-electron chi connectivity index (χ4n) is 1.21. The lowest BCUT2D eigenvalue weighted by atomic mass is 10.1. The van der Waals surface area contributed by atoms with Gasteiger partial charge in [-0.3, -0.25) is 0 Å². The topological polar surface area (TPSA) is 0 Å². The molecule has 0 nitrogen and oxygen atoms in total. The molecular weight excluding hydrogens is 132 g/mol. The Labute approximate surface area is 61.9 Å². The zero-order valence-corrected chi connectivity index (χ0v) is 6.45. The van der Waals surface area contributed by atoms with Gasteiger partial charge in [0.2, 0.25) is 0 Å². The van der Waals surface area contributed by atoms with Crippen molar-refractivity contribution in [3.63, 3.8) is 0 Å². The molecule has 0 amide bonds. The van der Waals surface area contributed by atoms with Gasteiger partial charge in [0.1, 0.15) is 0 Å². The summed E-state index contributed by atoms with van der Waals surface area (Å²) in [6.07, 6.45) is 6.20. The van der Waals surface area contributed by atoms with E-state index in [0.29, 0.717) is 0 Å². The molecule has 0 radical (unpaired) electrons. The molecule has 0 aliphatic heterocycles. The molecule has 1 aliphatic rings. The maximum Gasteiger partial charge on any atom is 0.0542 e. The molecule has 1 fully saturated rings. The molecule has 1 saturated carbocycles. The zero-order chi connectivity index (χ0) is 6.69. The van der Waals surface area contributed by atoms with E-state index in [0.717, 1.165) is 12.8 Å². The van der Waals surface area contributed by atoms with Crippen LogP contribution in [-0.4, -0.2) is 5.38 Å². The molecule has 9 heavy (non-hydrogen) atoms. The molecule has 1 aliphatic carbocycles. The van der Waals surface area contributed by atoms with E-state index in [9.17, 15) is 0 Å². The van der Waals surface area contributed by atoms with Crippen molar-refractivity contribution in [2.24, 2.45) is 0 Å². The molecule has 0 heterocycles. The number of alkyl halides is 1. The average molecular weight is 145 g/mol. The molecule has 0 spiro atoms. The monoisotopic (exact) mass is 144 g/mol. The van der Waals surface area contributed by atoms with E-state index in [2.05, 4.69) is 6.58 Å². The van der Waals surface area contributed by atoms with Crippen LogP contribution >= 0.6 is 11.6 Å². The molecule has 0 aromatic rings. The number of allylic oxidation sites excluding steroid dienone is 1. The van der Waals surface area contributed by atoms with E-state index >= 15 is 0 Å². The van der Waals surface area contributed by atoms with Gasteiger partial charge in [-0.05, 0) is 19.3 Å². The summed E-state index contributed by atoms with van der Waals surface area (Å²) in [5, 5.41) is 0.271. The molecule has 0 aromatic heterocycles. The molecule has 1 heteroatoms. The van der Waals surface area contributed by atoms with E-state index in [-0.39, 0.29) is 5.38 Å². The van der Waals surface area contributed by atoms with Crippen LogP contribution in [0.25, 0.3) is 0 Å². The van der Waals surface area contributed by atoms with Gasteiger partial charge in [0, 0.05) is 0 Å². The van der Waals surface area contributed by atoms with Gasteiger partial charge >= 0.3 is 0 Å². The SMILES string of the molecule is C=C1CCCCCC1Cl. The number of hydrogen-bond acceptors (Lipinski definition) is 0. The van der Waals surface area contributed by atoms with E-state index in [1.165, 1.54) is 24.8 Å².